The molecule has 3 aromatic rings. The van der Waals surface area contributed by atoms with Crippen molar-refractivity contribution >= 4 is 25.9 Å². The molecule has 0 aromatic heterocycles. The first-order valence-corrected chi connectivity index (χ1v) is 19.7. The van der Waals surface area contributed by atoms with E-state index in [1.165, 1.54) is 4.90 Å². The van der Waals surface area contributed by atoms with Crippen molar-refractivity contribution in [3.63, 3.8) is 0 Å². The lowest BCUT2D eigenvalue weighted by molar-refractivity contribution is -0.137. The predicted octanol–water partition coefficient (Wildman–Crippen LogP) is 10.6. The monoisotopic (exact) mass is 663 g/mol. The van der Waals surface area contributed by atoms with Gasteiger partial charge in [-0.15, -0.1) is 0 Å². The number of imide groups is 1. The van der Waals surface area contributed by atoms with E-state index >= 15 is 4.79 Å². The molecule has 0 unspecified atom stereocenters. The zero-order valence-corrected chi connectivity index (χ0v) is 31.4. The number of rotatable bonds is 5. The zero-order valence-electron chi connectivity index (χ0n) is 30.4. The summed E-state index contributed by atoms with van der Waals surface area (Å²) in [6, 6.07) is 29.7. The number of fused-ring (bicyclic) bond motifs is 1. The third kappa shape index (κ3) is 5.00. The van der Waals surface area contributed by atoms with Crippen molar-refractivity contribution in [1.82, 2.24) is 4.90 Å². The molecule has 0 bridgehead atoms. The molecule has 2 aliphatic heterocycles. The van der Waals surface area contributed by atoms with E-state index in [0.717, 1.165) is 28.0 Å². The number of hydrogen-bond donors (Lipinski definition) is 0. The smallest absolute Gasteiger partial charge is 0.418 e. The van der Waals surface area contributed by atoms with Crippen molar-refractivity contribution in [2.45, 2.75) is 103 Å². The Kier molecular flexibility index (Phi) is 8.59. The van der Waals surface area contributed by atoms with Crippen LogP contribution in [0.1, 0.15) is 92.3 Å². The average molecular weight is 664 g/mol. The normalized spacial score (nSPS) is 26.7. The van der Waals surface area contributed by atoms with Crippen molar-refractivity contribution in [2.24, 2.45) is 23.7 Å². The Balaban J connectivity index is 1.50. The number of nitrogens with zero attached hydrogens (tertiary/aromatic N) is 1. The van der Waals surface area contributed by atoms with Gasteiger partial charge in [-0.05, 0) is 45.0 Å². The molecule has 0 N–H and O–H groups in total. The van der Waals surface area contributed by atoms with E-state index < -0.39 is 32.0 Å². The summed E-state index contributed by atoms with van der Waals surface area (Å²) >= 11 is 0. The van der Waals surface area contributed by atoms with E-state index in [4.69, 9.17) is 9.16 Å². The van der Waals surface area contributed by atoms with Gasteiger partial charge in [0.15, 0.2) is 5.60 Å². The molecule has 0 spiro atoms. The highest BCUT2D eigenvalue weighted by Gasteiger charge is 2.69. The van der Waals surface area contributed by atoms with Gasteiger partial charge in [-0.1, -0.05) is 160 Å². The fourth-order valence-electron chi connectivity index (χ4n) is 10.3. The molecular formula is C42H53NO4Si. The van der Waals surface area contributed by atoms with Crippen LogP contribution in [-0.2, 0) is 19.6 Å². The third-order valence-corrected chi connectivity index (χ3v) is 18.4. The van der Waals surface area contributed by atoms with Crippen LogP contribution in [0.5, 0.6) is 0 Å². The second-order valence-corrected chi connectivity index (χ2v) is 22.3. The molecule has 5 atom stereocenters. The van der Waals surface area contributed by atoms with E-state index in [0.29, 0.717) is 6.42 Å². The van der Waals surface area contributed by atoms with E-state index in [1.54, 1.807) is 0 Å². The number of cyclic esters (lactones) is 1. The summed E-state index contributed by atoms with van der Waals surface area (Å²) in [5, 5.41) is -0.0784. The average Bonchev–Trinajstić information content (AvgIpc) is 3.56. The molecule has 1 aliphatic carbocycles. The van der Waals surface area contributed by atoms with Crippen LogP contribution in [0, 0.1) is 23.7 Å². The Bertz CT molecular complexity index is 1630. The summed E-state index contributed by atoms with van der Waals surface area (Å²) in [5.41, 5.74) is 3.07. The number of carbonyl (C=O) groups excluding carboxylic acids is 2. The lowest BCUT2D eigenvalue weighted by Crippen LogP contribution is -2.55. The van der Waals surface area contributed by atoms with Crippen LogP contribution in [-0.4, -0.2) is 31.3 Å². The van der Waals surface area contributed by atoms with Crippen LogP contribution < -0.4 is 0 Å². The van der Waals surface area contributed by atoms with Crippen LogP contribution in [0.15, 0.2) is 96.8 Å². The third-order valence-electron chi connectivity index (χ3n) is 11.8. The van der Waals surface area contributed by atoms with E-state index in [-0.39, 0.29) is 39.3 Å². The SMILES string of the molecule is CC(C)[C@@H]1N(C(=O)[C@H]2CC(c3ccccc3)=C3O[Si](C(C)(C)C)(C(C)(C)C)[C@H](C)[C@H]3[C@@H]2C)C(=O)OC1(c1ccccc1)c1ccccc1. The minimum absolute atomic E-state index is 0.0295. The fourth-order valence-corrected chi connectivity index (χ4v) is 17.6. The molecule has 254 valence electrons. The first-order chi connectivity index (χ1) is 22.6. The molecule has 6 heteroatoms. The molecule has 6 rings (SSSR count). The minimum Gasteiger partial charge on any atom is -0.545 e. The lowest BCUT2D eigenvalue weighted by Gasteiger charge is -2.50. The Morgan fingerprint density at radius 2 is 1.29 bits per heavy atom. The largest absolute Gasteiger partial charge is 0.545 e. The van der Waals surface area contributed by atoms with E-state index in [2.05, 4.69) is 93.5 Å². The first-order valence-electron chi connectivity index (χ1n) is 17.7. The Labute approximate surface area is 288 Å². The summed E-state index contributed by atoms with van der Waals surface area (Å²) < 4.78 is 14.0. The van der Waals surface area contributed by atoms with Crippen LogP contribution in [0.4, 0.5) is 4.79 Å². The van der Waals surface area contributed by atoms with Crippen molar-refractivity contribution < 1.29 is 18.8 Å². The van der Waals surface area contributed by atoms with Gasteiger partial charge in [-0.3, -0.25) is 4.79 Å². The number of ether oxygens (including phenoxy) is 1. The van der Waals surface area contributed by atoms with Gasteiger partial charge < -0.3 is 9.16 Å². The molecule has 5 nitrogen and oxygen atoms in total. The molecule has 48 heavy (non-hydrogen) atoms. The molecule has 2 saturated heterocycles. The number of allylic oxidation sites excluding steroid dienone is 2. The van der Waals surface area contributed by atoms with Gasteiger partial charge in [0.25, 0.3) is 8.32 Å². The summed E-state index contributed by atoms with van der Waals surface area (Å²) in [7, 11) is -2.51. The van der Waals surface area contributed by atoms with Gasteiger partial charge in [-0.2, -0.15) is 0 Å². The molecule has 2 amide bonds. The lowest BCUT2D eigenvalue weighted by atomic mass is 9.69. The number of amides is 2. The second kappa shape index (κ2) is 12.0. The first kappa shape index (κ1) is 34.2. The summed E-state index contributed by atoms with van der Waals surface area (Å²) in [6.45, 7) is 22.8. The summed E-state index contributed by atoms with van der Waals surface area (Å²) in [4.78, 5) is 31.1. The molecule has 0 radical (unpaired) electrons. The van der Waals surface area contributed by atoms with Gasteiger partial charge in [0, 0.05) is 23.0 Å². The van der Waals surface area contributed by atoms with Gasteiger partial charge in [0.1, 0.15) is 0 Å². The standard InChI is InChI=1S/C42H53NO4Si/c1-27(2)37-42(31-22-16-12-17-23-31,32-24-18-13-19-25-32)46-39(45)43(37)38(44)33-26-34(30-20-14-11-15-21-30)36-35(28(33)3)29(4)48(47-36,40(5,6)7)41(8,9)10/h11-25,27-29,33,35,37H,26H2,1-10H3/t28-,29-,33+,35-,37+/m1/s1. The number of hydrogen-bond acceptors (Lipinski definition) is 4. The Hall–Kier alpha value is -3.64. The molecular weight excluding hydrogens is 611 g/mol. The fraction of sp³-hybridized carbons (Fsp3) is 0.476. The highest BCUT2D eigenvalue weighted by molar-refractivity contribution is 6.81. The predicted molar refractivity (Wildman–Crippen MR) is 195 cm³/mol. The van der Waals surface area contributed by atoms with Crippen LogP contribution in [0.3, 0.4) is 0 Å². The zero-order chi connectivity index (χ0) is 34.8. The van der Waals surface area contributed by atoms with Crippen molar-refractivity contribution in [1.29, 1.82) is 0 Å². The van der Waals surface area contributed by atoms with Crippen molar-refractivity contribution in [2.75, 3.05) is 0 Å². The topological polar surface area (TPSA) is 55.8 Å². The van der Waals surface area contributed by atoms with Crippen molar-refractivity contribution in [3.05, 3.63) is 113 Å². The van der Waals surface area contributed by atoms with Gasteiger partial charge in [0.2, 0.25) is 5.91 Å². The number of benzene rings is 3. The van der Waals surface area contributed by atoms with Gasteiger partial charge >= 0.3 is 6.09 Å². The maximum atomic E-state index is 15.3. The van der Waals surface area contributed by atoms with Gasteiger partial charge in [0.05, 0.1) is 11.8 Å². The molecule has 2 fully saturated rings. The highest BCUT2D eigenvalue weighted by Crippen LogP contribution is 2.68. The Morgan fingerprint density at radius 1 is 0.812 bits per heavy atom. The van der Waals surface area contributed by atoms with Crippen LogP contribution in [0.25, 0.3) is 5.57 Å². The van der Waals surface area contributed by atoms with Crippen molar-refractivity contribution in [3.8, 4) is 0 Å². The van der Waals surface area contributed by atoms with Crippen LogP contribution in [0.2, 0.25) is 15.6 Å². The highest BCUT2D eigenvalue weighted by atomic mass is 28.4. The maximum Gasteiger partial charge on any atom is 0.418 e. The minimum atomic E-state index is -2.51. The van der Waals surface area contributed by atoms with Gasteiger partial charge in [-0.25, -0.2) is 9.69 Å². The summed E-state index contributed by atoms with van der Waals surface area (Å²) in [5.74, 6) is 0.477. The van der Waals surface area contributed by atoms with Crippen LogP contribution >= 0.6 is 0 Å². The molecule has 3 aliphatic rings. The number of carbonyl (C=O) groups is 2. The quantitative estimate of drug-likeness (QED) is 0.255. The Morgan fingerprint density at radius 3 is 1.75 bits per heavy atom. The second-order valence-electron chi connectivity index (χ2n) is 16.8. The summed E-state index contributed by atoms with van der Waals surface area (Å²) in [6.07, 6.45) is -0.0574. The molecule has 2 heterocycles. The maximum absolute atomic E-state index is 15.3. The molecule has 0 saturated carbocycles. The molecule has 3 aromatic carbocycles. The van der Waals surface area contributed by atoms with E-state index in [9.17, 15) is 4.79 Å². The van der Waals surface area contributed by atoms with E-state index in [1.807, 2.05) is 66.7 Å².